The number of nitrogens with one attached hydrogen (secondary N) is 1. The summed E-state index contributed by atoms with van der Waals surface area (Å²) in [4.78, 5) is 0. The molecule has 2 aliphatic rings. The van der Waals surface area contributed by atoms with E-state index in [1.807, 2.05) is 6.08 Å². The number of hydrogen-bond donors (Lipinski definition) is 1. The summed E-state index contributed by atoms with van der Waals surface area (Å²) in [6.07, 6.45) is 4.89. The van der Waals surface area contributed by atoms with E-state index >= 15 is 0 Å². The summed E-state index contributed by atoms with van der Waals surface area (Å²) in [7, 11) is 0. The third-order valence-corrected chi connectivity index (χ3v) is 2.36. The zero-order valence-corrected chi connectivity index (χ0v) is 7.36. The highest BCUT2D eigenvalue weighted by atomic mass is 15.3. The van der Waals surface area contributed by atoms with E-state index < -0.39 is 0 Å². The van der Waals surface area contributed by atoms with Crippen molar-refractivity contribution in [1.29, 1.82) is 5.41 Å². The van der Waals surface area contributed by atoms with E-state index in [0.29, 0.717) is 24.4 Å². The van der Waals surface area contributed by atoms with Crippen molar-refractivity contribution in [2.24, 2.45) is 10.2 Å². The van der Waals surface area contributed by atoms with Crippen LogP contribution in [0.15, 0.2) is 22.5 Å². The second-order valence-electron chi connectivity index (χ2n) is 3.34. The molecule has 0 saturated heterocycles. The van der Waals surface area contributed by atoms with Gasteiger partial charge >= 0.3 is 0 Å². The minimum atomic E-state index is 0.587. The van der Waals surface area contributed by atoms with Gasteiger partial charge in [-0.05, 0) is 5.56 Å². The Bertz CT molecular complexity index is 486. The largest absolute Gasteiger partial charge is 0.309 e. The van der Waals surface area contributed by atoms with Gasteiger partial charge in [0.15, 0.2) is 0 Å². The fraction of sp³-hybridized carbons (Fsp3) is 0.222. The molecule has 0 unspecified atom stereocenters. The van der Waals surface area contributed by atoms with Crippen molar-refractivity contribution in [3.8, 4) is 0 Å². The molecule has 68 valence electrons. The second-order valence-corrected chi connectivity index (χ2v) is 3.34. The zero-order valence-electron chi connectivity index (χ0n) is 7.36. The molecule has 0 atom stereocenters. The molecule has 1 N–H and O–H groups in total. The molecule has 14 heavy (non-hydrogen) atoms. The van der Waals surface area contributed by atoms with Gasteiger partial charge in [-0.15, -0.1) is 15.3 Å². The van der Waals surface area contributed by atoms with E-state index in [1.54, 1.807) is 6.20 Å². The molecule has 0 bridgehead atoms. The third-order valence-electron chi connectivity index (χ3n) is 2.36. The van der Waals surface area contributed by atoms with Gasteiger partial charge in [-0.1, -0.05) is 6.08 Å². The molecule has 1 aromatic heterocycles. The van der Waals surface area contributed by atoms with Crippen LogP contribution in [0.25, 0.3) is 5.70 Å². The Morgan fingerprint density at radius 1 is 1.29 bits per heavy atom. The first-order valence-corrected chi connectivity index (χ1v) is 4.38. The van der Waals surface area contributed by atoms with Crippen LogP contribution >= 0.6 is 0 Å². The van der Waals surface area contributed by atoms with Gasteiger partial charge in [0, 0.05) is 18.6 Å². The van der Waals surface area contributed by atoms with Crippen molar-refractivity contribution in [2.75, 3.05) is 0 Å². The van der Waals surface area contributed by atoms with Gasteiger partial charge in [-0.2, -0.15) is 5.10 Å². The molecule has 0 aromatic carbocycles. The Hall–Kier alpha value is -1.91. The van der Waals surface area contributed by atoms with Gasteiger partial charge in [0.25, 0.3) is 0 Å². The van der Waals surface area contributed by atoms with Crippen molar-refractivity contribution in [3.63, 3.8) is 0 Å². The van der Waals surface area contributed by atoms with Crippen LogP contribution in [-0.4, -0.2) is 15.9 Å². The van der Waals surface area contributed by atoms with Crippen molar-refractivity contribution >= 4 is 17.2 Å². The monoisotopic (exact) mass is 185 g/mol. The molecule has 5 nitrogen and oxygen atoms in total. The van der Waals surface area contributed by atoms with Crippen molar-refractivity contribution < 1.29 is 0 Å². The van der Waals surface area contributed by atoms with Crippen LogP contribution in [0.1, 0.15) is 17.5 Å². The van der Waals surface area contributed by atoms with Gasteiger partial charge < -0.3 is 5.41 Å². The van der Waals surface area contributed by atoms with Crippen molar-refractivity contribution in [3.05, 3.63) is 23.4 Å². The third kappa shape index (κ3) is 0.921. The SMILES string of the molecule is N=C1CC=C2N=Nc3nncc(c32)C1. The maximum Gasteiger partial charge on any atom is 0.206 e. The lowest BCUT2D eigenvalue weighted by Gasteiger charge is -2.01. The van der Waals surface area contributed by atoms with E-state index in [-0.39, 0.29) is 0 Å². The van der Waals surface area contributed by atoms with Crippen molar-refractivity contribution in [2.45, 2.75) is 12.8 Å². The van der Waals surface area contributed by atoms with Crippen LogP contribution in [0.5, 0.6) is 0 Å². The Kier molecular flexibility index (Phi) is 1.36. The summed E-state index contributed by atoms with van der Waals surface area (Å²) in [6, 6.07) is 0. The quantitative estimate of drug-likeness (QED) is 0.670. The number of hydrogen-bond acceptors (Lipinski definition) is 5. The smallest absolute Gasteiger partial charge is 0.206 e. The Morgan fingerprint density at radius 2 is 2.21 bits per heavy atom. The lowest BCUT2D eigenvalue weighted by Crippen LogP contribution is -2.00. The van der Waals surface area contributed by atoms with Crippen LogP contribution in [0.2, 0.25) is 0 Å². The average Bonchev–Trinajstić information content (AvgIpc) is 2.51. The predicted molar refractivity (Wildman–Crippen MR) is 50.6 cm³/mol. The summed E-state index contributed by atoms with van der Waals surface area (Å²) in [5.74, 6) is 0.587. The molecule has 0 radical (unpaired) electrons. The lowest BCUT2D eigenvalue weighted by atomic mass is 10.1. The number of rotatable bonds is 0. The summed E-state index contributed by atoms with van der Waals surface area (Å²) in [5, 5.41) is 23.4. The minimum absolute atomic E-state index is 0.587. The summed E-state index contributed by atoms with van der Waals surface area (Å²) in [5.41, 5.74) is 3.49. The Balaban J connectivity index is 2.30. The molecule has 1 aromatic rings. The van der Waals surface area contributed by atoms with Gasteiger partial charge in [-0.25, -0.2) is 0 Å². The van der Waals surface area contributed by atoms with Crippen LogP contribution in [0.4, 0.5) is 5.82 Å². The molecular weight excluding hydrogens is 178 g/mol. The first kappa shape index (κ1) is 7.49. The molecule has 5 heteroatoms. The fourth-order valence-corrected chi connectivity index (χ4v) is 1.71. The summed E-state index contributed by atoms with van der Waals surface area (Å²) < 4.78 is 0. The number of azo groups is 1. The van der Waals surface area contributed by atoms with Gasteiger partial charge in [-0.3, -0.25) is 0 Å². The molecule has 0 spiro atoms. The van der Waals surface area contributed by atoms with Gasteiger partial charge in [0.2, 0.25) is 5.82 Å². The van der Waals surface area contributed by atoms with E-state index in [9.17, 15) is 0 Å². The zero-order chi connectivity index (χ0) is 9.54. The first-order valence-electron chi connectivity index (χ1n) is 4.38. The van der Waals surface area contributed by atoms with E-state index in [1.165, 1.54) is 0 Å². The molecule has 0 amide bonds. The summed E-state index contributed by atoms with van der Waals surface area (Å²) in [6.45, 7) is 0. The maximum atomic E-state index is 7.68. The fourth-order valence-electron chi connectivity index (χ4n) is 1.71. The summed E-state index contributed by atoms with van der Waals surface area (Å²) >= 11 is 0. The molecule has 1 aliphatic heterocycles. The van der Waals surface area contributed by atoms with Crippen LogP contribution in [0, 0.1) is 5.41 Å². The molecule has 3 rings (SSSR count). The number of aromatic nitrogens is 2. The van der Waals surface area contributed by atoms with E-state index in [2.05, 4.69) is 20.4 Å². The normalized spacial score (nSPS) is 17.7. The van der Waals surface area contributed by atoms with Crippen LogP contribution in [-0.2, 0) is 6.42 Å². The second kappa shape index (κ2) is 2.54. The molecule has 2 heterocycles. The van der Waals surface area contributed by atoms with Crippen LogP contribution in [0.3, 0.4) is 0 Å². The predicted octanol–water partition coefficient (Wildman–Crippen LogP) is 1.88. The van der Waals surface area contributed by atoms with Gasteiger partial charge in [0.05, 0.1) is 17.5 Å². The minimum Gasteiger partial charge on any atom is -0.309 e. The Labute approximate surface area is 80.1 Å². The Morgan fingerprint density at radius 3 is 3.14 bits per heavy atom. The average molecular weight is 185 g/mol. The van der Waals surface area contributed by atoms with E-state index in [4.69, 9.17) is 5.41 Å². The highest BCUT2D eigenvalue weighted by Gasteiger charge is 2.22. The van der Waals surface area contributed by atoms with Crippen LogP contribution < -0.4 is 0 Å². The first-order chi connectivity index (χ1) is 6.84. The molecule has 0 fully saturated rings. The van der Waals surface area contributed by atoms with Gasteiger partial charge in [0.1, 0.15) is 0 Å². The van der Waals surface area contributed by atoms with Crippen molar-refractivity contribution in [1.82, 2.24) is 10.2 Å². The topological polar surface area (TPSA) is 74.3 Å². The maximum absolute atomic E-state index is 7.68. The highest BCUT2D eigenvalue weighted by molar-refractivity contribution is 5.92. The molecule has 0 saturated carbocycles. The van der Waals surface area contributed by atoms with E-state index in [0.717, 1.165) is 16.8 Å². The number of allylic oxidation sites excluding steroid dienone is 1. The lowest BCUT2D eigenvalue weighted by molar-refractivity contribution is 0.992. The highest BCUT2D eigenvalue weighted by Crippen LogP contribution is 2.36. The standard InChI is InChI=1S/C9H7N5/c10-6-1-2-7-8-5(3-6)4-11-13-9(8)14-12-7/h2,4,10H,1,3H2. The molecule has 1 aliphatic carbocycles. The molecular formula is C9H7N5. The number of nitrogens with zero attached hydrogens (tertiary/aromatic N) is 4.